The monoisotopic (exact) mass is 366 g/mol. The highest BCUT2D eigenvalue weighted by atomic mass is 16.5. The lowest BCUT2D eigenvalue weighted by atomic mass is 9.99. The maximum atomic E-state index is 12.3. The molecular formula is C22H26N2O3. The normalized spacial score (nSPS) is 12.3. The van der Waals surface area contributed by atoms with Gasteiger partial charge < -0.3 is 4.74 Å². The smallest absolute Gasteiger partial charge is 0.314 e. The van der Waals surface area contributed by atoms with Crippen LogP contribution in [0.2, 0.25) is 0 Å². The molecule has 0 heterocycles. The van der Waals surface area contributed by atoms with Gasteiger partial charge in [-0.25, -0.2) is 5.43 Å². The number of benzene rings is 2. The molecule has 0 fully saturated rings. The van der Waals surface area contributed by atoms with Crippen molar-refractivity contribution in [2.24, 2.45) is 11.0 Å². The van der Waals surface area contributed by atoms with Gasteiger partial charge in [-0.05, 0) is 43.5 Å². The molecule has 0 aliphatic rings. The molecular weight excluding hydrogens is 340 g/mol. The Bertz CT molecular complexity index is 783. The molecule has 0 aromatic heterocycles. The quantitative estimate of drug-likeness (QED) is 0.427. The molecule has 2 rings (SSSR count). The molecule has 142 valence electrons. The Hall–Kier alpha value is -2.95. The number of nitrogens with zero attached hydrogens (tertiary/aromatic N) is 1. The first-order valence-electron chi connectivity index (χ1n) is 9.23. The van der Waals surface area contributed by atoms with Gasteiger partial charge in [0.2, 0.25) is 0 Å². The van der Waals surface area contributed by atoms with Gasteiger partial charge in [0.15, 0.2) is 0 Å². The summed E-state index contributed by atoms with van der Waals surface area (Å²) in [5, 5.41) is 4.12. The first-order chi connectivity index (χ1) is 13.1. The second-order valence-electron chi connectivity index (χ2n) is 6.23. The largest absolute Gasteiger partial charge is 0.465 e. The molecule has 0 saturated heterocycles. The Kier molecular flexibility index (Phi) is 7.74. The highest BCUT2D eigenvalue weighted by Crippen LogP contribution is 2.19. The van der Waals surface area contributed by atoms with Crippen molar-refractivity contribution in [3.63, 3.8) is 0 Å². The molecule has 2 aromatic rings. The van der Waals surface area contributed by atoms with E-state index in [2.05, 4.69) is 10.5 Å². The summed E-state index contributed by atoms with van der Waals surface area (Å²) in [6.07, 6.45) is 1.46. The number of nitrogens with one attached hydrogen (secondary N) is 1. The standard InChI is InChI=1S/C22H26N2O3/c1-4-9-20(22(26)27-5-2)16(3)23-24-21(25)19-14-12-18(13-15-19)17-10-7-6-8-11-17/h6-8,10-15,20H,4-5,9H2,1-3H3,(H,24,25). The number of hydrogen-bond acceptors (Lipinski definition) is 4. The van der Waals surface area contributed by atoms with Crippen molar-refractivity contribution in [1.82, 2.24) is 5.43 Å². The van der Waals surface area contributed by atoms with E-state index in [0.717, 1.165) is 17.5 Å². The minimum Gasteiger partial charge on any atom is -0.465 e. The Morgan fingerprint density at radius 1 is 1.00 bits per heavy atom. The Labute approximate surface area is 160 Å². The summed E-state index contributed by atoms with van der Waals surface area (Å²) in [6, 6.07) is 17.3. The Balaban J connectivity index is 2.05. The third kappa shape index (κ3) is 5.78. The predicted molar refractivity (Wildman–Crippen MR) is 107 cm³/mol. The van der Waals surface area contributed by atoms with Crippen LogP contribution in [-0.4, -0.2) is 24.2 Å². The van der Waals surface area contributed by atoms with Gasteiger partial charge in [0.1, 0.15) is 0 Å². The van der Waals surface area contributed by atoms with E-state index in [0.29, 0.717) is 24.3 Å². The van der Waals surface area contributed by atoms with Gasteiger partial charge in [-0.1, -0.05) is 55.8 Å². The average molecular weight is 366 g/mol. The van der Waals surface area contributed by atoms with E-state index in [9.17, 15) is 9.59 Å². The molecule has 0 aliphatic heterocycles. The number of hydrogen-bond donors (Lipinski definition) is 1. The number of ether oxygens (including phenoxy) is 1. The van der Waals surface area contributed by atoms with Gasteiger partial charge in [-0.3, -0.25) is 9.59 Å². The van der Waals surface area contributed by atoms with Crippen molar-refractivity contribution in [3.8, 4) is 11.1 Å². The third-order valence-electron chi connectivity index (χ3n) is 4.24. The fraction of sp³-hybridized carbons (Fsp3) is 0.318. The maximum Gasteiger partial charge on any atom is 0.314 e. The zero-order chi connectivity index (χ0) is 19.6. The fourth-order valence-electron chi connectivity index (χ4n) is 2.75. The summed E-state index contributed by atoms with van der Waals surface area (Å²) in [5.41, 5.74) is 5.72. The molecule has 1 unspecified atom stereocenters. The zero-order valence-electron chi connectivity index (χ0n) is 16.1. The van der Waals surface area contributed by atoms with E-state index >= 15 is 0 Å². The van der Waals surface area contributed by atoms with E-state index in [-0.39, 0.29) is 11.9 Å². The van der Waals surface area contributed by atoms with E-state index in [1.54, 1.807) is 26.0 Å². The van der Waals surface area contributed by atoms with Crippen LogP contribution in [0.1, 0.15) is 44.0 Å². The number of rotatable bonds is 8. The molecule has 1 atom stereocenters. The molecule has 2 aromatic carbocycles. The number of carbonyl (C=O) groups excluding carboxylic acids is 2. The molecule has 27 heavy (non-hydrogen) atoms. The Morgan fingerprint density at radius 3 is 2.22 bits per heavy atom. The number of esters is 1. The van der Waals surface area contributed by atoms with Crippen LogP contribution in [0.15, 0.2) is 59.7 Å². The summed E-state index contributed by atoms with van der Waals surface area (Å²) in [7, 11) is 0. The molecule has 0 bridgehead atoms. The van der Waals surface area contributed by atoms with E-state index in [1.165, 1.54) is 0 Å². The van der Waals surface area contributed by atoms with Crippen LogP contribution in [0.25, 0.3) is 11.1 Å². The van der Waals surface area contributed by atoms with Crippen molar-refractivity contribution in [3.05, 3.63) is 60.2 Å². The van der Waals surface area contributed by atoms with Gasteiger partial charge >= 0.3 is 5.97 Å². The van der Waals surface area contributed by atoms with Crippen LogP contribution in [0, 0.1) is 5.92 Å². The van der Waals surface area contributed by atoms with Gasteiger partial charge in [0.25, 0.3) is 5.91 Å². The summed E-state index contributed by atoms with van der Waals surface area (Å²) >= 11 is 0. The molecule has 0 saturated carbocycles. The minimum atomic E-state index is -0.435. The van der Waals surface area contributed by atoms with Crippen LogP contribution in [0.3, 0.4) is 0 Å². The van der Waals surface area contributed by atoms with Gasteiger partial charge in [-0.15, -0.1) is 0 Å². The predicted octanol–water partition coefficient (Wildman–Crippen LogP) is 4.44. The molecule has 5 nitrogen and oxygen atoms in total. The van der Waals surface area contributed by atoms with E-state index in [4.69, 9.17) is 4.74 Å². The van der Waals surface area contributed by atoms with Gasteiger partial charge in [0, 0.05) is 11.3 Å². The summed E-state index contributed by atoms with van der Waals surface area (Å²) in [5.74, 6) is -1.05. The van der Waals surface area contributed by atoms with Crippen molar-refractivity contribution in [2.45, 2.75) is 33.6 Å². The van der Waals surface area contributed by atoms with Crippen LogP contribution in [-0.2, 0) is 9.53 Å². The molecule has 0 radical (unpaired) electrons. The first-order valence-corrected chi connectivity index (χ1v) is 9.23. The van der Waals surface area contributed by atoms with Crippen molar-refractivity contribution >= 4 is 17.6 Å². The van der Waals surface area contributed by atoms with Crippen LogP contribution < -0.4 is 5.43 Å². The SMILES string of the molecule is CCCC(C(=O)OCC)C(C)=NNC(=O)c1ccc(-c2ccccc2)cc1. The maximum absolute atomic E-state index is 12.3. The molecule has 0 spiro atoms. The number of hydrazone groups is 1. The Morgan fingerprint density at radius 2 is 1.63 bits per heavy atom. The topological polar surface area (TPSA) is 67.8 Å². The van der Waals surface area contributed by atoms with Crippen molar-refractivity contribution in [2.75, 3.05) is 6.61 Å². The van der Waals surface area contributed by atoms with Gasteiger partial charge in [-0.2, -0.15) is 5.10 Å². The molecule has 1 N–H and O–H groups in total. The average Bonchev–Trinajstić information content (AvgIpc) is 2.71. The molecule has 1 amide bonds. The molecule has 5 heteroatoms. The lowest BCUT2D eigenvalue weighted by Gasteiger charge is -2.14. The summed E-state index contributed by atoms with van der Waals surface area (Å²) in [6.45, 7) is 5.82. The number of amides is 1. The second kappa shape index (κ2) is 10.3. The lowest BCUT2D eigenvalue weighted by Crippen LogP contribution is -2.27. The highest BCUT2D eigenvalue weighted by Gasteiger charge is 2.22. The van der Waals surface area contributed by atoms with Crippen molar-refractivity contribution in [1.29, 1.82) is 0 Å². The van der Waals surface area contributed by atoms with Crippen LogP contribution in [0.4, 0.5) is 0 Å². The summed E-state index contributed by atoms with van der Waals surface area (Å²) < 4.78 is 5.09. The van der Waals surface area contributed by atoms with Crippen molar-refractivity contribution < 1.29 is 14.3 Å². The zero-order valence-corrected chi connectivity index (χ0v) is 16.1. The second-order valence-corrected chi connectivity index (χ2v) is 6.23. The molecule has 0 aliphatic carbocycles. The minimum absolute atomic E-state index is 0.304. The van der Waals surface area contributed by atoms with E-state index in [1.807, 2.05) is 49.4 Å². The summed E-state index contributed by atoms with van der Waals surface area (Å²) in [4.78, 5) is 24.4. The van der Waals surface area contributed by atoms with Crippen LogP contribution in [0.5, 0.6) is 0 Å². The highest BCUT2D eigenvalue weighted by molar-refractivity contribution is 6.02. The third-order valence-corrected chi connectivity index (χ3v) is 4.24. The van der Waals surface area contributed by atoms with Gasteiger partial charge in [0.05, 0.1) is 12.5 Å². The van der Waals surface area contributed by atoms with E-state index < -0.39 is 5.92 Å². The van der Waals surface area contributed by atoms with Crippen LogP contribution >= 0.6 is 0 Å². The fourth-order valence-corrected chi connectivity index (χ4v) is 2.75. The first kappa shape index (κ1) is 20.4. The number of carbonyl (C=O) groups is 2. The lowest BCUT2D eigenvalue weighted by molar-refractivity contribution is -0.145.